The normalized spacial score (nSPS) is 18.4. The number of nitrogens with zero attached hydrogens (tertiary/aromatic N) is 5. The van der Waals surface area contributed by atoms with Crippen LogP contribution < -0.4 is 5.73 Å². The lowest BCUT2D eigenvalue weighted by Gasteiger charge is -2.38. The minimum Gasteiger partial charge on any atom is -0.384 e. The Morgan fingerprint density at radius 3 is 2.49 bits per heavy atom. The van der Waals surface area contributed by atoms with Gasteiger partial charge in [0.15, 0.2) is 16.8 Å². The van der Waals surface area contributed by atoms with E-state index in [1.807, 2.05) is 27.9 Å². The van der Waals surface area contributed by atoms with Gasteiger partial charge in [0.1, 0.15) is 5.82 Å². The maximum Gasteiger partial charge on any atom is 0.225 e. The molecule has 0 saturated carbocycles. The van der Waals surface area contributed by atoms with Crippen LogP contribution in [0.4, 0.5) is 14.6 Å². The standard InChI is InChI=1S/C25H30F2N6OS/c1-35-25-30-21-13-19(26)20(27)14-22(21)33(25)18-5-10-32(11-6-18)24(34)17-3-8-31(9-4-17)15-16-2-7-29-23(28)12-16/h2,7,12-14,17-18H,3-6,8-11,15H2,1H3,(H2,28,29). The fraction of sp³-hybridized carbons (Fsp3) is 0.480. The molecule has 2 aliphatic rings. The Balaban J connectivity index is 1.18. The summed E-state index contributed by atoms with van der Waals surface area (Å²) in [5.74, 6) is -0.923. The number of pyridine rings is 1. The molecule has 7 nitrogen and oxygen atoms in total. The zero-order valence-electron chi connectivity index (χ0n) is 19.8. The molecule has 5 rings (SSSR count). The fourth-order valence-corrected chi connectivity index (χ4v) is 5.99. The van der Waals surface area contributed by atoms with Gasteiger partial charge in [0.2, 0.25) is 5.91 Å². The van der Waals surface area contributed by atoms with E-state index < -0.39 is 11.6 Å². The van der Waals surface area contributed by atoms with Crippen molar-refractivity contribution in [3.63, 3.8) is 0 Å². The van der Waals surface area contributed by atoms with Crippen molar-refractivity contribution in [1.29, 1.82) is 0 Å². The highest BCUT2D eigenvalue weighted by atomic mass is 32.2. The third kappa shape index (κ3) is 4.99. The minimum atomic E-state index is -0.883. The average Bonchev–Trinajstić information content (AvgIpc) is 3.21. The first-order chi connectivity index (χ1) is 16.9. The highest BCUT2D eigenvalue weighted by molar-refractivity contribution is 7.98. The molecule has 0 spiro atoms. The largest absolute Gasteiger partial charge is 0.384 e. The van der Waals surface area contributed by atoms with Crippen LogP contribution >= 0.6 is 11.8 Å². The Morgan fingerprint density at radius 2 is 1.80 bits per heavy atom. The second kappa shape index (κ2) is 10.1. The second-order valence-corrected chi connectivity index (χ2v) is 10.2. The molecule has 1 aromatic carbocycles. The molecule has 4 heterocycles. The van der Waals surface area contributed by atoms with Gasteiger partial charge >= 0.3 is 0 Å². The number of hydrogen-bond acceptors (Lipinski definition) is 6. The molecule has 2 aliphatic heterocycles. The summed E-state index contributed by atoms with van der Waals surface area (Å²) in [6.07, 6.45) is 6.89. The Hall–Kier alpha value is -2.72. The summed E-state index contributed by atoms with van der Waals surface area (Å²) in [5, 5.41) is 0.748. The van der Waals surface area contributed by atoms with Crippen molar-refractivity contribution in [1.82, 2.24) is 24.3 Å². The van der Waals surface area contributed by atoms with Gasteiger partial charge in [-0.3, -0.25) is 9.69 Å². The molecule has 0 bridgehead atoms. The lowest BCUT2D eigenvalue weighted by molar-refractivity contribution is -0.138. The molecular formula is C25H30F2N6OS. The third-order valence-corrected chi connectivity index (χ3v) is 7.86. The molecule has 0 atom stereocenters. The van der Waals surface area contributed by atoms with Gasteiger partial charge in [0.25, 0.3) is 0 Å². The van der Waals surface area contributed by atoms with E-state index in [4.69, 9.17) is 5.73 Å². The molecule has 35 heavy (non-hydrogen) atoms. The topological polar surface area (TPSA) is 80.3 Å². The molecule has 2 fully saturated rings. The van der Waals surface area contributed by atoms with Crippen molar-refractivity contribution in [2.75, 3.05) is 38.2 Å². The Labute approximate surface area is 207 Å². The summed E-state index contributed by atoms with van der Waals surface area (Å²) in [6, 6.07) is 6.39. The summed E-state index contributed by atoms with van der Waals surface area (Å²) in [5.41, 5.74) is 8.01. The second-order valence-electron chi connectivity index (χ2n) is 9.42. The summed E-state index contributed by atoms with van der Waals surface area (Å²) >= 11 is 1.47. The van der Waals surface area contributed by atoms with E-state index in [9.17, 15) is 13.6 Å². The van der Waals surface area contributed by atoms with Gasteiger partial charge < -0.3 is 15.2 Å². The van der Waals surface area contributed by atoms with E-state index in [1.165, 1.54) is 17.8 Å². The number of amides is 1. The summed E-state index contributed by atoms with van der Waals surface area (Å²) < 4.78 is 29.7. The van der Waals surface area contributed by atoms with Crippen molar-refractivity contribution in [3.05, 3.63) is 47.7 Å². The molecule has 2 saturated heterocycles. The number of carbonyl (C=O) groups is 1. The van der Waals surface area contributed by atoms with Crippen LogP contribution in [-0.2, 0) is 11.3 Å². The molecule has 186 valence electrons. The van der Waals surface area contributed by atoms with Crippen LogP contribution in [0, 0.1) is 17.6 Å². The molecule has 0 radical (unpaired) electrons. The van der Waals surface area contributed by atoms with Crippen LogP contribution in [0.25, 0.3) is 11.0 Å². The van der Waals surface area contributed by atoms with Gasteiger partial charge in [-0.15, -0.1) is 0 Å². The number of nitrogen functional groups attached to an aromatic ring is 1. The van der Waals surface area contributed by atoms with Crippen molar-refractivity contribution in [2.45, 2.75) is 43.4 Å². The van der Waals surface area contributed by atoms with Gasteiger partial charge in [-0.05, 0) is 62.7 Å². The van der Waals surface area contributed by atoms with Crippen LogP contribution in [0.5, 0.6) is 0 Å². The number of nitrogens with two attached hydrogens (primary N) is 1. The number of anilines is 1. The number of rotatable bonds is 5. The first kappa shape index (κ1) is 24.0. The zero-order chi connectivity index (χ0) is 24.5. The van der Waals surface area contributed by atoms with Crippen molar-refractivity contribution in [3.8, 4) is 0 Å². The number of hydrogen-bond donors (Lipinski definition) is 1. The molecule has 3 aromatic rings. The Kier molecular flexibility index (Phi) is 6.93. The number of likely N-dealkylation sites (tertiary alicyclic amines) is 2. The fourth-order valence-electron chi connectivity index (χ4n) is 5.36. The summed E-state index contributed by atoms with van der Waals surface area (Å²) in [7, 11) is 0. The SMILES string of the molecule is CSc1nc2cc(F)c(F)cc2n1C1CCN(C(=O)C2CCN(Cc3ccnc(N)c3)CC2)CC1. The van der Waals surface area contributed by atoms with Gasteiger partial charge in [-0.1, -0.05) is 11.8 Å². The van der Waals surface area contributed by atoms with Gasteiger partial charge in [-0.25, -0.2) is 18.7 Å². The van der Waals surface area contributed by atoms with E-state index >= 15 is 0 Å². The maximum atomic E-state index is 14.0. The highest BCUT2D eigenvalue weighted by Gasteiger charge is 2.32. The van der Waals surface area contributed by atoms with Gasteiger partial charge in [0.05, 0.1) is 11.0 Å². The van der Waals surface area contributed by atoms with Crippen LogP contribution in [0.1, 0.15) is 37.3 Å². The number of piperidine rings is 2. The van der Waals surface area contributed by atoms with Crippen molar-refractivity contribution in [2.24, 2.45) is 5.92 Å². The zero-order valence-corrected chi connectivity index (χ0v) is 20.6. The first-order valence-electron chi connectivity index (χ1n) is 12.1. The van der Waals surface area contributed by atoms with E-state index in [0.29, 0.717) is 29.9 Å². The monoisotopic (exact) mass is 500 g/mol. The smallest absolute Gasteiger partial charge is 0.225 e. The predicted octanol–water partition coefficient (Wildman–Crippen LogP) is 4.09. The lowest BCUT2D eigenvalue weighted by Crippen LogP contribution is -2.45. The maximum absolute atomic E-state index is 14.0. The number of benzene rings is 1. The Morgan fingerprint density at radius 1 is 1.09 bits per heavy atom. The van der Waals surface area contributed by atoms with Gasteiger partial charge in [-0.2, -0.15) is 0 Å². The third-order valence-electron chi connectivity index (χ3n) is 7.21. The summed E-state index contributed by atoms with van der Waals surface area (Å²) in [4.78, 5) is 26.1. The number of thioether (sulfide) groups is 1. The molecule has 0 unspecified atom stereocenters. The number of imidazole rings is 1. The van der Waals surface area contributed by atoms with E-state index in [1.54, 1.807) is 6.20 Å². The molecule has 2 aromatic heterocycles. The molecule has 0 aliphatic carbocycles. The Bertz CT molecular complexity index is 1220. The van der Waals surface area contributed by atoms with Gasteiger partial charge in [0, 0.05) is 49.9 Å². The van der Waals surface area contributed by atoms with Crippen molar-refractivity contribution >= 4 is 34.5 Å². The van der Waals surface area contributed by atoms with E-state index in [-0.39, 0.29) is 17.9 Å². The van der Waals surface area contributed by atoms with Crippen molar-refractivity contribution < 1.29 is 13.6 Å². The molecule has 1 amide bonds. The van der Waals surface area contributed by atoms with Crippen LogP contribution in [0.15, 0.2) is 35.6 Å². The quantitative estimate of drug-likeness (QED) is 0.532. The van der Waals surface area contributed by atoms with E-state index in [2.05, 4.69) is 14.9 Å². The molecule has 2 N–H and O–H groups in total. The lowest BCUT2D eigenvalue weighted by atomic mass is 9.93. The number of aromatic nitrogens is 3. The highest BCUT2D eigenvalue weighted by Crippen LogP contribution is 2.34. The van der Waals surface area contributed by atoms with E-state index in [0.717, 1.165) is 62.1 Å². The van der Waals surface area contributed by atoms with Crippen LogP contribution in [-0.4, -0.2) is 62.7 Å². The molecular weight excluding hydrogens is 470 g/mol. The number of fused-ring (bicyclic) bond motifs is 1. The predicted molar refractivity (Wildman–Crippen MR) is 133 cm³/mol. The number of halogens is 2. The first-order valence-corrected chi connectivity index (χ1v) is 13.3. The molecule has 10 heteroatoms. The average molecular weight is 501 g/mol. The number of carbonyl (C=O) groups excluding carboxylic acids is 1. The van der Waals surface area contributed by atoms with Crippen LogP contribution in [0.2, 0.25) is 0 Å². The minimum absolute atomic E-state index is 0.0539. The summed E-state index contributed by atoms with van der Waals surface area (Å²) in [6.45, 7) is 3.92. The van der Waals surface area contributed by atoms with Crippen LogP contribution in [0.3, 0.4) is 0 Å².